The molecule has 0 aliphatic rings. The number of nitro benzene ring substituents is 2. The number of aromatic nitrogens is 2. The van der Waals surface area contributed by atoms with Gasteiger partial charge in [-0.1, -0.05) is 52.4 Å². The smallest absolute Gasteiger partial charge is 0.271 e. The fourth-order valence-electron chi connectivity index (χ4n) is 5.42. The van der Waals surface area contributed by atoms with Crippen LogP contribution in [0.3, 0.4) is 0 Å². The minimum absolute atomic E-state index is 0. The van der Waals surface area contributed by atoms with E-state index in [0.29, 0.717) is 24.2 Å². The standard InChI is InChI=1S/2C19H21N5O4.2C3H9NO.Cu/c2*1-3-4-5-6-11-23-18(25)16(12-20)13(2)17(19(23)26)22-21-14-7-9-15(10-8-14)24(27)28;2*1-4(2)3-5;/h2*7-10,26H,3-6,11H2,1-2H3;2*5H,3H2,1-2H3;. The molecule has 0 saturated heterocycles. The summed E-state index contributed by atoms with van der Waals surface area (Å²) in [6, 6.07) is 14.6. The molecule has 23 heteroatoms. The molecule has 0 aliphatic heterocycles. The summed E-state index contributed by atoms with van der Waals surface area (Å²) in [5.74, 6) is -0.688. The van der Waals surface area contributed by atoms with E-state index in [2.05, 4.69) is 34.3 Å². The Morgan fingerprint density at radius 3 is 1.13 bits per heavy atom. The normalized spacial score (nSPS) is 10.5. The van der Waals surface area contributed by atoms with Gasteiger partial charge in [-0.05, 0) is 79.1 Å². The summed E-state index contributed by atoms with van der Waals surface area (Å²) in [5, 5.41) is 93.2. The van der Waals surface area contributed by atoms with Crippen molar-refractivity contribution in [2.75, 3.05) is 41.7 Å². The van der Waals surface area contributed by atoms with Gasteiger partial charge in [0.15, 0.2) is 11.4 Å². The second-order valence-electron chi connectivity index (χ2n) is 15.0. The summed E-state index contributed by atoms with van der Waals surface area (Å²) < 4.78 is 2.29. The number of hydrogen-bond acceptors (Lipinski definition) is 18. The number of nitrogens with zero attached hydrogens (tertiary/aromatic N) is 12. The van der Waals surface area contributed by atoms with Gasteiger partial charge in [0, 0.05) is 65.6 Å². The molecule has 2 aromatic heterocycles. The molecule has 1 radical (unpaired) electrons. The number of nitro groups is 2. The van der Waals surface area contributed by atoms with Crippen LogP contribution in [0.5, 0.6) is 11.8 Å². The Labute approximate surface area is 399 Å². The third-order valence-electron chi connectivity index (χ3n) is 9.23. The number of aliphatic hydroxyl groups excluding tert-OH is 2. The SMILES string of the molecule is CCCCCCn1c(O)c(N=Nc2ccc([N+](=O)[O-])cc2)c(C)c(C#N)c1=O.CCCCCCn1c(O)c(N=Nc2ccc([N+](=O)[O-])cc2)c(C)c(C#N)c1=O.CN(C)CO.CN(C)CO.[Cu]. The van der Waals surface area contributed by atoms with E-state index in [1.54, 1.807) is 38.0 Å². The summed E-state index contributed by atoms with van der Waals surface area (Å²) in [6.45, 7) is 8.01. The summed E-state index contributed by atoms with van der Waals surface area (Å²) in [4.78, 5) is 48.7. The number of aliphatic hydroxyl groups is 2. The molecule has 0 saturated carbocycles. The first-order valence-electron chi connectivity index (χ1n) is 20.9. The molecule has 0 atom stereocenters. The van der Waals surface area contributed by atoms with Crippen molar-refractivity contribution in [1.29, 1.82) is 10.5 Å². The summed E-state index contributed by atoms with van der Waals surface area (Å²) in [6.07, 6.45) is 7.27. The van der Waals surface area contributed by atoms with Crippen LogP contribution in [0.15, 0.2) is 78.6 Å². The van der Waals surface area contributed by atoms with Crippen molar-refractivity contribution in [3.8, 4) is 23.9 Å². The van der Waals surface area contributed by atoms with Crippen LogP contribution < -0.4 is 11.1 Å². The first-order valence-corrected chi connectivity index (χ1v) is 20.9. The molecule has 67 heavy (non-hydrogen) atoms. The van der Waals surface area contributed by atoms with E-state index in [9.17, 15) is 50.6 Å². The Morgan fingerprint density at radius 2 is 0.896 bits per heavy atom. The molecule has 4 aromatic rings. The minimum Gasteiger partial charge on any atom is -0.493 e. The van der Waals surface area contributed by atoms with Crippen LogP contribution in [0.4, 0.5) is 34.1 Å². The van der Waals surface area contributed by atoms with Crippen LogP contribution in [0.2, 0.25) is 0 Å². The fourth-order valence-corrected chi connectivity index (χ4v) is 5.42. The Morgan fingerprint density at radius 1 is 0.597 bits per heavy atom. The van der Waals surface area contributed by atoms with E-state index in [1.165, 1.54) is 62.4 Å². The Balaban J connectivity index is 0.00000107. The molecule has 367 valence electrons. The Kier molecular flexibility index (Phi) is 28.8. The number of hydrogen-bond donors (Lipinski definition) is 4. The number of unbranched alkanes of at least 4 members (excludes halogenated alkanes) is 6. The molecule has 0 bridgehead atoms. The summed E-state index contributed by atoms with van der Waals surface area (Å²) in [7, 11) is 7.22. The van der Waals surface area contributed by atoms with Gasteiger partial charge < -0.3 is 20.4 Å². The number of pyridine rings is 2. The van der Waals surface area contributed by atoms with Gasteiger partial charge in [-0.2, -0.15) is 20.8 Å². The molecule has 4 rings (SSSR count). The monoisotopic (exact) mass is 979 g/mol. The number of azo groups is 2. The van der Waals surface area contributed by atoms with Crippen LogP contribution in [-0.4, -0.2) is 90.9 Å². The van der Waals surface area contributed by atoms with Crippen molar-refractivity contribution in [2.24, 2.45) is 20.5 Å². The largest absolute Gasteiger partial charge is 0.493 e. The van der Waals surface area contributed by atoms with Crippen LogP contribution in [0.25, 0.3) is 0 Å². The van der Waals surface area contributed by atoms with Gasteiger partial charge in [0.25, 0.3) is 22.5 Å². The maximum absolute atomic E-state index is 12.5. The molecule has 22 nitrogen and oxygen atoms in total. The zero-order valence-corrected chi connectivity index (χ0v) is 40.0. The van der Waals surface area contributed by atoms with E-state index in [-0.39, 0.29) is 100 Å². The molecule has 0 fully saturated rings. The van der Waals surface area contributed by atoms with E-state index in [4.69, 9.17) is 10.2 Å². The van der Waals surface area contributed by atoms with Crippen molar-refractivity contribution in [1.82, 2.24) is 18.9 Å². The van der Waals surface area contributed by atoms with Crippen LogP contribution >= 0.6 is 0 Å². The molecule has 4 N–H and O–H groups in total. The maximum Gasteiger partial charge on any atom is 0.271 e. The zero-order chi connectivity index (χ0) is 49.9. The van der Waals surface area contributed by atoms with Gasteiger partial charge >= 0.3 is 0 Å². The van der Waals surface area contributed by atoms with E-state index >= 15 is 0 Å². The van der Waals surface area contributed by atoms with E-state index in [0.717, 1.165) is 47.7 Å². The quantitative estimate of drug-likeness (QED) is 0.0182. The summed E-state index contributed by atoms with van der Waals surface area (Å²) in [5.41, 5.74) is -0.234. The number of benzene rings is 2. The van der Waals surface area contributed by atoms with Crippen molar-refractivity contribution < 1.29 is 47.3 Å². The van der Waals surface area contributed by atoms with Crippen molar-refractivity contribution in [2.45, 2.75) is 92.2 Å². The predicted octanol–water partition coefficient (Wildman–Crippen LogP) is 8.27. The molecular formula is C44H60CuN12O10. The maximum atomic E-state index is 12.5. The third-order valence-corrected chi connectivity index (χ3v) is 9.23. The average molecular weight is 981 g/mol. The van der Waals surface area contributed by atoms with Gasteiger partial charge in [-0.15, -0.1) is 10.2 Å². The van der Waals surface area contributed by atoms with Crippen molar-refractivity contribution >= 4 is 34.1 Å². The Bertz CT molecular complexity index is 2290. The number of nitriles is 2. The number of rotatable bonds is 18. The second kappa shape index (κ2) is 32.0. The molecule has 0 amide bonds. The number of non-ortho nitro benzene ring substituents is 2. The Hall–Kier alpha value is -6.72. The predicted molar refractivity (Wildman–Crippen MR) is 248 cm³/mol. The van der Waals surface area contributed by atoms with Crippen LogP contribution in [-0.2, 0) is 30.2 Å². The van der Waals surface area contributed by atoms with Gasteiger partial charge in [-0.3, -0.25) is 48.8 Å². The van der Waals surface area contributed by atoms with Crippen LogP contribution in [0, 0.1) is 56.7 Å². The molecule has 2 heterocycles. The topological polar surface area (TPSA) is 315 Å². The average Bonchev–Trinajstić information content (AvgIpc) is 3.29. The second-order valence-corrected chi connectivity index (χ2v) is 15.0. The van der Waals surface area contributed by atoms with Gasteiger partial charge in [0.2, 0.25) is 11.8 Å². The van der Waals surface area contributed by atoms with Gasteiger partial charge in [0.05, 0.1) is 34.7 Å². The van der Waals surface area contributed by atoms with E-state index < -0.39 is 21.0 Å². The van der Waals surface area contributed by atoms with Gasteiger partial charge in [0.1, 0.15) is 23.3 Å². The first-order chi connectivity index (χ1) is 31.3. The van der Waals surface area contributed by atoms with Gasteiger partial charge in [-0.25, -0.2) is 0 Å². The zero-order valence-electron chi connectivity index (χ0n) is 39.0. The number of aromatic hydroxyl groups is 2. The van der Waals surface area contributed by atoms with Crippen molar-refractivity contribution in [3.63, 3.8) is 0 Å². The molecule has 0 unspecified atom stereocenters. The first kappa shape index (κ1) is 60.3. The fraction of sp³-hybridized carbons (Fsp3) is 0.455. The summed E-state index contributed by atoms with van der Waals surface area (Å²) >= 11 is 0. The third kappa shape index (κ3) is 19.7. The van der Waals surface area contributed by atoms with E-state index in [1.807, 2.05) is 12.1 Å². The van der Waals surface area contributed by atoms with Crippen molar-refractivity contribution in [3.05, 3.63) is 112 Å². The molecule has 0 spiro atoms. The minimum atomic E-state index is -0.553. The molecular weight excluding hydrogens is 920 g/mol. The van der Waals surface area contributed by atoms with Crippen LogP contribution in [0.1, 0.15) is 87.5 Å². The molecule has 0 aliphatic carbocycles. The molecule has 2 aromatic carbocycles.